The average molecular weight is 340 g/mol. The van der Waals surface area contributed by atoms with Crippen molar-refractivity contribution in [1.82, 2.24) is 0 Å². The molecule has 7 nitrogen and oxygen atoms in total. The summed E-state index contributed by atoms with van der Waals surface area (Å²) in [7, 11) is -18.1. The zero-order chi connectivity index (χ0) is 15.2. The van der Waals surface area contributed by atoms with E-state index in [1.165, 1.54) is 0 Å². The van der Waals surface area contributed by atoms with Crippen LogP contribution in [-0.2, 0) is 30.7 Å². The summed E-state index contributed by atoms with van der Waals surface area (Å²) in [5, 5.41) is 9.01. The van der Waals surface area contributed by atoms with Crippen LogP contribution in [-0.4, -0.2) is 30.4 Å². The lowest BCUT2D eigenvalue weighted by Gasteiger charge is -2.07. The van der Waals surface area contributed by atoms with E-state index in [2.05, 4.69) is 0 Å². The third kappa shape index (κ3) is 3.16. The van der Waals surface area contributed by atoms with E-state index in [-0.39, 0.29) is 12.1 Å². The largest absolute Gasteiger partial charge is 0.506 e. The molecule has 108 valence electrons. The van der Waals surface area contributed by atoms with Crippen LogP contribution in [0.25, 0.3) is 0 Å². The normalized spacial score (nSPS) is 13.4. The first-order chi connectivity index (χ1) is 8.26. The summed E-state index contributed by atoms with van der Waals surface area (Å²) in [6, 6.07) is 0.263. The van der Waals surface area contributed by atoms with Gasteiger partial charge in [0.1, 0.15) is 15.5 Å². The molecule has 0 spiro atoms. The van der Waals surface area contributed by atoms with Crippen molar-refractivity contribution in [1.29, 1.82) is 0 Å². The topological polar surface area (TPSA) is 123 Å². The van der Waals surface area contributed by atoms with E-state index in [9.17, 15) is 36.9 Å². The molecule has 0 aliphatic carbocycles. The van der Waals surface area contributed by atoms with Crippen LogP contribution in [0.2, 0.25) is 0 Å². The van der Waals surface area contributed by atoms with Gasteiger partial charge in [-0.05, 0) is 12.1 Å². The number of aromatic hydroxyl groups is 1. The van der Waals surface area contributed by atoms with E-state index in [0.29, 0.717) is 0 Å². The summed E-state index contributed by atoms with van der Waals surface area (Å²) in [5.41, 5.74) is 0. The molecule has 1 aromatic rings. The Kier molecular flexibility index (Phi) is 3.60. The van der Waals surface area contributed by atoms with Gasteiger partial charge in [0.15, 0.2) is 4.90 Å². The van der Waals surface area contributed by atoms with Crippen molar-refractivity contribution in [2.24, 2.45) is 0 Å². The molecule has 0 aromatic heterocycles. The van der Waals surface area contributed by atoms with E-state index in [1.807, 2.05) is 0 Å². The van der Waals surface area contributed by atoms with E-state index >= 15 is 0 Å². The van der Waals surface area contributed by atoms with E-state index in [1.54, 1.807) is 0 Å². The number of phenols is 1. The molecule has 0 fully saturated rings. The number of hydrogen-bond acceptors (Lipinski definition) is 7. The van der Waals surface area contributed by atoms with Gasteiger partial charge in [0.25, 0.3) is 0 Å². The molecule has 0 aliphatic heterocycles. The van der Waals surface area contributed by atoms with Crippen LogP contribution in [0.4, 0.5) is 11.7 Å². The highest BCUT2D eigenvalue weighted by Crippen LogP contribution is 2.37. The van der Waals surface area contributed by atoms with Crippen molar-refractivity contribution >= 4 is 30.7 Å². The molecule has 0 unspecified atom stereocenters. The van der Waals surface area contributed by atoms with Crippen molar-refractivity contribution in [2.75, 3.05) is 0 Å². The lowest BCUT2D eigenvalue weighted by Crippen LogP contribution is -2.09. The maximum absolute atomic E-state index is 12.9. The van der Waals surface area contributed by atoms with Gasteiger partial charge in [0.05, 0.1) is 0 Å². The van der Waals surface area contributed by atoms with E-state index < -0.39 is 51.1 Å². The Morgan fingerprint density at radius 2 is 1.16 bits per heavy atom. The van der Waals surface area contributed by atoms with Gasteiger partial charge in [-0.25, -0.2) is 0 Å². The van der Waals surface area contributed by atoms with Crippen molar-refractivity contribution in [2.45, 2.75) is 14.7 Å². The second-order valence-electron chi connectivity index (χ2n) is 3.05. The fourth-order valence-electron chi connectivity index (χ4n) is 1.19. The Labute approximate surface area is 105 Å². The fourth-order valence-corrected chi connectivity index (χ4v) is 4.29. The van der Waals surface area contributed by atoms with Gasteiger partial charge >= 0.3 is 30.7 Å². The minimum absolute atomic E-state index is 0.0752. The molecule has 0 amide bonds. The molecule has 0 saturated heterocycles. The van der Waals surface area contributed by atoms with Crippen molar-refractivity contribution in [3.63, 3.8) is 0 Å². The van der Waals surface area contributed by atoms with E-state index in [4.69, 9.17) is 5.11 Å². The van der Waals surface area contributed by atoms with Crippen LogP contribution >= 0.6 is 0 Å². The molecule has 19 heavy (non-hydrogen) atoms. The summed E-state index contributed by atoms with van der Waals surface area (Å²) >= 11 is 0. The average Bonchev–Trinajstić information content (AvgIpc) is 2.11. The van der Waals surface area contributed by atoms with Gasteiger partial charge in [-0.3, -0.25) is 0 Å². The first-order valence-corrected chi connectivity index (χ1v) is 8.11. The first-order valence-electron chi connectivity index (χ1n) is 3.96. The summed E-state index contributed by atoms with van der Waals surface area (Å²) in [5.74, 6) is -1.59. The molecule has 0 atom stereocenters. The first kappa shape index (κ1) is 15.7. The molecule has 0 heterocycles. The number of benzene rings is 1. The number of rotatable bonds is 3. The van der Waals surface area contributed by atoms with Gasteiger partial charge in [0, 0.05) is 0 Å². The fraction of sp³-hybridized carbons (Fsp3) is 0. The zero-order valence-corrected chi connectivity index (χ0v) is 10.9. The third-order valence-electron chi connectivity index (χ3n) is 1.81. The second kappa shape index (κ2) is 4.35. The predicted molar refractivity (Wildman–Crippen MR) is 53.0 cm³/mol. The number of phenolic OH excluding ortho intramolecular Hbond substituents is 1. The highest BCUT2D eigenvalue weighted by Gasteiger charge is 2.37. The van der Waals surface area contributed by atoms with E-state index in [0.717, 1.165) is 0 Å². The smallest absolute Gasteiger partial charge is 0.337 e. The minimum Gasteiger partial charge on any atom is -0.506 e. The maximum atomic E-state index is 12.9. The summed E-state index contributed by atoms with van der Waals surface area (Å²) in [4.78, 5) is -6.45. The quantitative estimate of drug-likeness (QED) is 0.788. The lowest BCUT2D eigenvalue weighted by molar-refractivity contribution is 0.445. The van der Waals surface area contributed by atoms with Gasteiger partial charge in [-0.2, -0.15) is 25.3 Å². The highest BCUT2D eigenvalue weighted by molar-refractivity contribution is 7.91. The molecule has 13 heteroatoms. The van der Waals surface area contributed by atoms with Crippen LogP contribution in [0.1, 0.15) is 0 Å². The Morgan fingerprint density at radius 1 is 0.737 bits per heavy atom. The SMILES string of the molecule is O=S(=O)(F)c1ccc(O)c(S(=O)(=O)F)c1S(=O)(=O)F. The van der Waals surface area contributed by atoms with Gasteiger partial charge < -0.3 is 5.11 Å². The minimum atomic E-state index is -6.15. The Bertz CT molecular complexity index is 838. The third-order valence-corrected chi connectivity index (χ3v) is 4.74. The zero-order valence-electron chi connectivity index (χ0n) is 8.41. The second-order valence-corrected chi connectivity index (χ2v) is 6.94. The monoisotopic (exact) mass is 340 g/mol. The molecule has 0 bridgehead atoms. The summed E-state index contributed by atoms with van der Waals surface area (Å²) in [6.07, 6.45) is 0. The van der Waals surface area contributed by atoms with Crippen LogP contribution in [0.3, 0.4) is 0 Å². The molecule has 0 radical (unpaired) electrons. The summed E-state index contributed by atoms with van der Waals surface area (Å²) < 4.78 is 102. The van der Waals surface area contributed by atoms with Crippen LogP contribution in [0, 0.1) is 0 Å². The molecular weight excluding hydrogens is 337 g/mol. The molecule has 0 aliphatic rings. The number of hydrogen-bond donors (Lipinski definition) is 1. The Hall–Kier alpha value is -1.34. The van der Waals surface area contributed by atoms with Gasteiger partial charge in [0.2, 0.25) is 0 Å². The van der Waals surface area contributed by atoms with Crippen LogP contribution in [0.5, 0.6) is 5.75 Å². The maximum Gasteiger partial charge on any atom is 0.337 e. The molecular formula is C6H3F3O7S3. The highest BCUT2D eigenvalue weighted by atomic mass is 32.3. The molecule has 1 rings (SSSR count). The molecule has 1 aromatic carbocycles. The van der Waals surface area contributed by atoms with Crippen molar-refractivity contribution in [3.05, 3.63) is 12.1 Å². The van der Waals surface area contributed by atoms with Gasteiger partial charge in [-0.1, -0.05) is 0 Å². The molecule has 1 N–H and O–H groups in total. The standard InChI is InChI=1S/C6H3F3O7S3/c7-17(11,12)4-2-1-3(10)5(18(8,13)14)6(4)19(9,15)16/h1-2,10H. The lowest BCUT2D eigenvalue weighted by atomic mass is 10.3. The van der Waals surface area contributed by atoms with Crippen LogP contribution in [0.15, 0.2) is 26.8 Å². The predicted octanol–water partition coefficient (Wildman–Crippen LogP) is 0.367. The Morgan fingerprint density at radius 3 is 1.47 bits per heavy atom. The Balaban J connectivity index is 4.18. The van der Waals surface area contributed by atoms with Crippen molar-refractivity contribution in [3.8, 4) is 5.75 Å². The van der Waals surface area contributed by atoms with Crippen molar-refractivity contribution < 1.29 is 42.0 Å². The van der Waals surface area contributed by atoms with Gasteiger partial charge in [-0.15, -0.1) is 11.7 Å². The summed E-state index contributed by atoms with van der Waals surface area (Å²) in [6.45, 7) is 0. The molecule has 0 saturated carbocycles. The van der Waals surface area contributed by atoms with Crippen LogP contribution < -0.4 is 0 Å². The number of halogens is 3.